The van der Waals surface area contributed by atoms with Gasteiger partial charge < -0.3 is 21.5 Å². The molecule has 0 radical (unpaired) electrons. The van der Waals surface area contributed by atoms with E-state index >= 15 is 0 Å². The first-order valence-electron chi connectivity index (χ1n) is 5.56. The van der Waals surface area contributed by atoms with Crippen molar-refractivity contribution in [3.05, 3.63) is 5.56 Å². The highest BCUT2D eigenvalue weighted by Crippen LogP contribution is 2.28. The Kier molecular flexibility index (Phi) is 3.49. The van der Waals surface area contributed by atoms with E-state index in [1.54, 1.807) is 6.92 Å². The molecule has 0 aromatic carbocycles. The number of hydrogen-bond donors (Lipinski definition) is 4. The lowest BCUT2D eigenvalue weighted by Gasteiger charge is -2.08. The van der Waals surface area contributed by atoms with Gasteiger partial charge in [-0.05, 0) is 31.3 Å². The SMILES string of the molecule is CC(O)CNc1snc(N)c1C(=O)NC1CC1. The Morgan fingerprint density at radius 2 is 2.41 bits per heavy atom. The van der Waals surface area contributed by atoms with Crippen LogP contribution in [0.5, 0.6) is 0 Å². The van der Waals surface area contributed by atoms with Gasteiger partial charge in [-0.3, -0.25) is 4.79 Å². The highest BCUT2D eigenvalue weighted by molar-refractivity contribution is 7.11. The fourth-order valence-electron chi connectivity index (χ4n) is 1.37. The predicted molar refractivity (Wildman–Crippen MR) is 67.2 cm³/mol. The van der Waals surface area contributed by atoms with Gasteiger partial charge in [-0.1, -0.05) is 0 Å². The van der Waals surface area contributed by atoms with Crippen molar-refractivity contribution >= 4 is 28.3 Å². The van der Waals surface area contributed by atoms with E-state index in [9.17, 15) is 9.90 Å². The Hall–Kier alpha value is -1.34. The molecule has 6 nitrogen and oxygen atoms in total. The van der Waals surface area contributed by atoms with Crippen LogP contribution in [0.3, 0.4) is 0 Å². The lowest BCUT2D eigenvalue weighted by molar-refractivity contribution is 0.0953. The number of aliphatic hydroxyl groups excluding tert-OH is 1. The number of aromatic nitrogens is 1. The summed E-state index contributed by atoms with van der Waals surface area (Å²) < 4.78 is 3.96. The first-order chi connectivity index (χ1) is 8.08. The topological polar surface area (TPSA) is 100 Å². The molecule has 1 atom stereocenters. The van der Waals surface area contributed by atoms with Crippen LogP contribution in [0.15, 0.2) is 0 Å². The molecule has 0 spiro atoms. The Bertz CT molecular complexity index is 414. The van der Waals surface area contributed by atoms with Gasteiger partial charge in [0.1, 0.15) is 10.6 Å². The monoisotopic (exact) mass is 256 g/mol. The van der Waals surface area contributed by atoms with Crippen molar-refractivity contribution in [1.82, 2.24) is 9.69 Å². The van der Waals surface area contributed by atoms with Crippen molar-refractivity contribution < 1.29 is 9.90 Å². The Labute approximate surface area is 103 Å². The third-order valence-electron chi connectivity index (χ3n) is 2.42. The molecule has 1 aromatic rings. The number of nitrogens with one attached hydrogen (secondary N) is 2. The molecule has 1 aliphatic carbocycles. The van der Waals surface area contributed by atoms with E-state index in [1.165, 1.54) is 0 Å². The average Bonchev–Trinajstić information content (AvgIpc) is 2.97. The first-order valence-corrected chi connectivity index (χ1v) is 6.33. The van der Waals surface area contributed by atoms with Gasteiger partial charge in [0.15, 0.2) is 5.82 Å². The molecule has 2 rings (SSSR count). The summed E-state index contributed by atoms with van der Waals surface area (Å²) >= 11 is 1.14. The molecule has 7 heteroatoms. The lowest BCUT2D eigenvalue weighted by atomic mass is 10.3. The van der Waals surface area contributed by atoms with Crippen LogP contribution in [0.25, 0.3) is 0 Å². The summed E-state index contributed by atoms with van der Waals surface area (Å²) in [4.78, 5) is 11.9. The number of anilines is 2. The van der Waals surface area contributed by atoms with E-state index in [0.29, 0.717) is 17.1 Å². The third kappa shape index (κ3) is 3.07. The fraction of sp³-hybridized carbons (Fsp3) is 0.600. The normalized spacial score (nSPS) is 16.6. The van der Waals surface area contributed by atoms with Gasteiger partial charge in [0, 0.05) is 12.6 Å². The van der Waals surface area contributed by atoms with Crippen molar-refractivity contribution in [3.63, 3.8) is 0 Å². The lowest BCUT2D eigenvalue weighted by Crippen LogP contribution is -2.27. The van der Waals surface area contributed by atoms with Crippen LogP contribution in [-0.2, 0) is 0 Å². The maximum atomic E-state index is 11.9. The van der Waals surface area contributed by atoms with E-state index in [0.717, 1.165) is 24.4 Å². The van der Waals surface area contributed by atoms with E-state index in [4.69, 9.17) is 5.73 Å². The molecular weight excluding hydrogens is 240 g/mol. The van der Waals surface area contributed by atoms with Crippen LogP contribution in [0.4, 0.5) is 10.8 Å². The van der Waals surface area contributed by atoms with Crippen molar-refractivity contribution in [2.24, 2.45) is 0 Å². The molecule has 1 heterocycles. The molecule has 1 saturated carbocycles. The van der Waals surface area contributed by atoms with E-state index in [-0.39, 0.29) is 17.8 Å². The zero-order valence-corrected chi connectivity index (χ0v) is 10.4. The third-order valence-corrected chi connectivity index (χ3v) is 3.24. The summed E-state index contributed by atoms with van der Waals surface area (Å²) in [5.41, 5.74) is 6.07. The van der Waals surface area contributed by atoms with Crippen LogP contribution in [0.1, 0.15) is 30.1 Å². The second-order valence-electron chi connectivity index (χ2n) is 4.25. The average molecular weight is 256 g/mol. The molecule has 0 saturated heterocycles. The number of nitrogens with two attached hydrogens (primary N) is 1. The van der Waals surface area contributed by atoms with Gasteiger partial charge in [0.25, 0.3) is 5.91 Å². The largest absolute Gasteiger partial charge is 0.392 e. The number of amides is 1. The summed E-state index contributed by atoms with van der Waals surface area (Å²) in [5.74, 6) is 0.0492. The van der Waals surface area contributed by atoms with Gasteiger partial charge in [-0.25, -0.2) is 0 Å². The number of carbonyl (C=O) groups excluding carboxylic acids is 1. The smallest absolute Gasteiger partial charge is 0.258 e. The fourth-order valence-corrected chi connectivity index (χ4v) is 2.09. The van der Waals surface area contributed by atoms with Crippen molar-refractivity contribution in [2.75, 3.05) is 17.6 Å². The van der Waals surface area contributed by atoms with Crippen LogP contribution in [0, 0.1) is 0 Å². The molecule has 1 amide bonds. The van der Waals surface area contributed by atoms with Crippen molar-refractivity contribution in [2.45, 2.75) is 31.9 Å². The number of hydrogen-bond acceptors (Lipinski definition) is 6. The second kappa shape index (κ2) is 4.89. The van der Waals surface area contributed by atoms with Gasteiger partial charge in [-0.15, -0.1) is 0 Å². The van der Waals surface area contributed by atoms with E-state index in [2.05, 4.69) is 15.0 Å². The number of nitrogens with zero attached hydrogens (tertiary/aromatic N) is 1. The minimum atomic E-state index is -0.488. The molecule has 1 fully saturated rings. The maximum absolute atomic E-state index is 11.9. The highest BCUT2D eigenvalue weighted by Gasteiger charge is 2.27. The number of aliphatic hydroxyl groups is 1. The van der Waals surface area contributed by atoms with Gasteiger partial charge in [0.2, 0.25) is 0 Å². The van der Waals surface area contributed by atoms with Crippen LogP contribution in [-0.4, -0.2) is 34.1 Å². The van der Waals surface area contributed by atoms with E-state index in [1.807, 2.05) is 0 Å². The van der Waals surface area contributed by atoms with Crippen molar-refractivity contribution in [1.29, 1.82) is 0 Å². The molecule has 0 aliphatic heterocycles. The standard InChI is InChI=1S/C10H16N4O2S/c1-5(15)4-12-10-7(8(11)14-17-10)9(16)13-6-2-3-6/h5-6,12,15H,2-4H2,1H3,(H2,11,14)(H,13,16). The molecule has 5 N–H and O–H groups in total. The minimum absolute atomic E-state index is 0.188. The number of rotatable bonds is 5. The van der Waals surface area contributed by atoms with Crippen LogP contribution in [0.2, 0.25) is 0 Å². The summed E-state index contributed by atoms with van der Waals surface area (Å²) in [6.45, 7) is 2.03. The molecule has 94 valence electrons. The summed E-state index contributed by atoms with van der Waals surface area (Å²) in [5, 5.41) is 15.7. The molecule has 1 aliphatic rings. The Morgan fingerprint density at radius 1 is 1.71 bits per heavy atom. The molecule has 1 unspecified atom stereocenters. The van der Waals surface area contributed by atoms with E-state index < -0.39 is 6.10 Å². The van der Waals surface area contributed by atoms with Crippen LogP contribution < -0.4 is 16.4 Å². The number of nitrogen functional groups attached to an aromatic ring is 1. The zero-order chi connectivity index (χ0) is 12.4. The van der Waals surface area contributed by atoms with Gasteiger partial charge in [-0.2, -0.15) is 4.37 Å². The summed E-state index contributed by atoms with van der Waals surface area (Å²) in [7, 11) is 0. The quantitative estimate of drug-likeness (QED) is 0.611. The summed E-state index contributed by atoms with van der Waals surface area (Å²) in [6, 6.07) is 0.284. The molecular formula is C10H16N4O2S. The van der Waals surface area contributed by atoms with Gasteiger partial charge in [0.05, 0.1) is 6.10 Å². The Morgan fingerprint density at radius 3 is 3.00 bits per heavy atom. The van der Waals surface area contributed by atoms with Crippen LogP contribution >= 0.6 is 11.5 Å². The highest BCUT2D eigenvalue weighted by atomic mass is 32.1. The molecule has 17 heavy (non-hydrogen) atoms. The molecule has 0 bridgehead atoms. The Balaban J connectivity index is 2.07. The van der Waals surface area contributed by atoms with Gasteiger partial charge >= 0.3 is 0 Å². The summed E-state index contributed by atoms with van der Waals surface area (Å²) in [6.07, 6.45) is 1.57. The number of carbonyl (C=O) groups is 1. The van der Waals surface area contributed by atoms with Crippen molar-refractivity contribution in [3.8, 4) is 0 Å². The first kappa shape index (κ1) is 12.1. The predicted octanol–water partition coefficient (Wildman–Crippen LogP) is 0.410. The molecule has 1 aromatic heterocycles. The minimum Gasteiger partial charge on any atom is -0.392 e. The maximum Gasteiger partial charge on any atom is 0.258 e. The zero-order valence-electron chi connectivity index (χ0n) is 9.56. The second-order valence-corrected chi connectivity index (χ2v) is 5.02.